The van der Waals surface area contributed by atoms with Gasteiger partial charge in [0, 0.05) is 17.8 Å². The number of nitrogens with zero attached hydrogens (tertiary/aromatic N) is 6. The highest BCUT2D eigenvalue weighted by Gasteiger charge is 2.57. The Balaban J connectivity index is 1.93. The molecule has 180 valence electrons. The lowest BCUT2D eigenvalue weighted by Gasteiger charge is -2.53. The van der Waals surface area contributed by atoms with Crippen molar-refractivity contribution in [2.24, 2.45) is 0 Å². The van der Waals surface area contributed by atoms with E-state index in [1.807, 2.05) is 6.92 Å². The molecule has 3 unspecified atom stereocenters. The van der Waals surface area contributed by atoms with E-state index in [0.717, 1.165) is 10.6 Å². The number of pyridine rings is 1. The molecule has 1 aromatic carbocycles. The van der Waals surface area contributed by atoms with Crippen LogP contribution >= 0.6 is 11.6 Å². The fourth-order valence-corrected chi connectivity index (χ4v) is 5.77. The monoisotopic (exact) mass is 504 g/mol. The highest BCUT2D eigenvalue weighted by atomic mass is 35.5. The Hall–Kier alpha value is -3.02. The van der Waals surface area contributed by atoms with E-state index in [9.17, 15) is 18.3 Å². The van der Waals surface area contributed by atoms with Gasteiger partial charge in [-0.25, -0.2) is 17.7 Å². The Bertz CT molecular complexity index is 1240. The molecule has 1 fully saturated rings. The van der Waals surface area contributed by atoms with Crippen molar-refractivity contribution in [3.8, 4) is 0 Å². The normalized spacial score (nSPS) is 22.1. The van der Waals surface area contributed by atoms with E-state index in [1.165, 1.54) is 17.2 Å². The molecule has 4 rings (SSSR count). The standard InChI is InChI=1S/C22H25ClN6O4S/c1-3-11-22(27-14-25-26-15-27)21(31)29(34(2,32)33)18(13-28(22)19-6-4-5-12-24-19)20(30)16-7-9-17(23)10-8-16/h4-10,12,14-15,18,20,30H,3,11,13H2,1-2H3. The van der Waals surface area contributed by atoms with Crippen LogP contribution in [0.4, 0.5) is 5.82 Å². The van der Waals surface area contributed by atoms with E-state index in [2.05, 4.69) is 15.2 Å². The number of carbonyl (C=O) groups excluding carboxylic acids is 1. The lowest BCUT2D eigenvalue weighted by molar-refractivity contribution is -0.143. The van der Waals surface area contributed by atoms with Crippen LogP contribution in [0.15, 0.2) is 61.3 Å². The summed E-state index contributed by atoms with van der Waals surface area (Å²) in [5.74, 6) is -0.258. The summed E-state index contributed by atoms with van der Waals surface area (Å²) in [6, 6.07) is 10.6. The molecule has 2 aromatic heterocycles. The minimum Gasteiger partial charge on any atom is -0.386 e. The molecule has 3 atom stereocenters. The van der Waals surface area contributed by atoms with Gasteiger partial charge in [-0.15, -0.1) is 10.2 Å². The van der Waals surface area contributed by atoms with Gasteiger partial charge in [-0.05, 0) is 36.2 Å². The summed E-state index contributed by atoms with van der Waals surface area (Å²) < 4.78 is 28.3. The quantitative estimate of drug-likeness (QED) is 0.519. The third-order valence-corrected chi connectivity index (χ3v) is 7.37. The fourth-order valence-electron chi connectivity index (χ4n) is 4.52. The summed E-state index contributed by atoms with van der Waals surface area (Å²) in [7, 11) is -4.07. The maximum absolute atomic E-state index is 14.2. The number of aromatic nitrogens is 4. The van der Waals surface area contributed by atoms with Gasteiger partial charge in [-0.2, -0.15) is 0 Å². The first-order valence-electron chi connectivity index (χ1n) is 10.7. The van der Waals surface area contributed by atoms with Crippen LogP contribution in [0.25, 0.3) is 0 Å². The second-order valence-electron chi connectivity index (χ2n) is 8.16. The van der Waals surface area contributed by atoms with Crippen molar-refractivity contribution in [1.82, 2.24) is 24.1 Å². The van der Waals surface area contributed by atoms with Crippen LogP contribution in [0.1, 0.15) is 31.4 Å². The number of benzene rings is 1. The third-order valence-electron chi connectivity index (χ3n) is 5.96. The molecule has 34 heavy (non-hydrogen) atoms. The molecule has 12 heteroatoms. The molecule has 1 N–H and O–H groups in total. The molecule has 1 amide bonds. The molecule has 0 aliphatic carbocycles. The third kappa shape index (κ3) is 4.15. The van der Waals surface area contributed by atoms with Gasteiger partial charge in [0.1, 0.15) is 24.6 Å². The fraction of sp³-hybridized carbons (Fsp3) is 0.364. The van der Waals surface area contributed by atoms with Gasteiger partial charge in [0.2, 0.25) is 15.7 Å². The van der Waals surface area contributed by atoms with Crippen molar-refractivity contribution >= 4 is 33.3 Å². The molecule has 0 saturated carbocycles. The van der Waals surface area contributed by atoms with Crippen LogP contribution in [-0.2, 0) is 20.5 Å². The molecule has 0 spiro atoms. The molecule has 1 aliphatic heterocycles. The molecular formula is C22H25ClN6O4S. The Morgan fingerprint density at radius 2 is 1.85 bits per heavy atom. The summed E-state index contributed by atoms with van der Waals surface area (Å²) in [5, 5.41) is 19.5. The van der Waals surface area contributed by atoms with Crippen molar-refractivity contribution in [1.29, 1.82) is 0 Å². The summed E-state index contributed by atoms with van der Waals surface area (Å²) in [5.41, 5.74) is -1.06. The van der Waals surface area contributed by atoms with Gasteiger partial charge < -0.3 is 10.0 Å². The van der Waals surface area contributed by atoms with E-state index in [0.29, 0.717) is 22.8 Å². The van der Waals surface area contributed by atoms with E-state index in [1.54, 1.807) is 53.6 Å². The molecule has 3 aromatic rings. The Morgan fingerprint density at radius 3 is 2.41 bits per heavy atom. The van der Waals surface area contributed by atoms with Crippen molar-refractivity contribution < 1.29 is 18.3 Å². The summed E-state index contributed by atoms with van der Waals surface area (Å²) >= 11 is 5.99. The van der Waals surface area contributed by atoms with Crippen LogP contribution in [0, 0.1) is 0 Å². The number of amides is 1. The van der Waals surface area contributed by atoms with Gasteiger partial charge in [-0.3, -0.25) is 9.36 Å². The van der Waals surface area contributed by atoms with Crippen molar-refractivity contribution in [3.63, 3.8) is 0 Å². The number of aliphatic hydroxyl groups is 1. The van der Waals surface area contributed by atoms with Crippen LogP contribution < -0.4 is 4.90 Å². The second kappa shape index (κ2) is 9.32. The molecule has 0 radical (unpaired) electrons. The Labute approximate surface area is 202 Å². The number of hydrogen-bond donors (Lipinski definition) is 1. The number of aliphatic hydroxyl groups excluding tert-OH is 1. The number of anilines is 1. The van der Waals surface area contributed by atoms with Gasteiger partial charge in [0.15, 0.2) is 0 Å². The highest BCUT2D eigenvalue weighted by molar-refractivity contribution is 7.88. The number of hydrogen-bond acceptors (Lipinski definition) is 8. The molecule has 1 aliphatic rings. The number of rotatable bonds is 7. The average Bonchev–Trinajstić information content (AvgIpc) is 3.35. The predicted octanol–water partition coefficient (Wildman–Crippen LogP) is 2.19. The number of carbonyl (C=O) groups is 1. The van der Waals surface area contributed by atoms with Crippen LogP contribution in [0.2, 0.25) is 5.02 Å². The SMILES string of the molecule is CCCC1(n2cnnc2)C(=O)N(S(C)(=O)=O)C(C(O)c2ccc(Cl)cc2)CN1c1ccccn1. The maximum atomic E-state index is 14.2. The highest BCUT2D eigenvalue weighted by Crippen LogP contribution is 2.41. The maximum Gasteiger partial charge on any atom is 0.283 e. The van der Waals surface area contributed by atoms with Gasteiger partial charge in [0.05, 0.1) is 12.3 Å². The van der Waals surface area contributed by atoms with E-state index in [4.69, 9.17) is 11.6 Å². The van der Waals surface area contributed by atoms with E-state index >= 15 is 0 Å². The van der Waals surface area contributed by atoms with Gasteiger partial charge in [0.25, 0.3) is 5.91 Å². The molecule has 10 nitrogen and oxygen atoms in total. The lowest BCUT2D eigenvalue weighted by Crippen LogP contribution is -2.71. The number of sulfonamides is 1. The zero-order valence-electron chi connectivity index (χ0n) is 18.7. The summed E-state index contributed by atoms with van der Waals surface area (Å²) in [4.78, 5) is 20.4. The zero-order valence-corrected chi connectivity index (χ0v) is 20.3. The van der Waals surface area contributed by atoms with Gasteiger partial charge >= 0.3 is 0 Å². The topological polar surface area (TPSA) is 122 Å². The van der Waals surface area contributed by atoms with Crippen molar-refractivity contribution in [2.75, 3.05) is 17.7 Å². The molecular weight excluding hydrogens is 480 g/mol. The first kappa shape index (κ1) is 24.1. The minimum atomic E-state index is -4.07. The van der Waals surface area contributed by atoms with Crippen LogP contribution in [-0.4, -0.2) is 62.3 Å². The first-order chi connectivity index (χ1) is 16.2. The van der Waals surface area contributed by atoms with Gasteiger partial charge in [-0.1, -0.05) is 43.1 Å². The van der Waals surface area contributed by atoms with Crippen molar-refractivity contribution in [2.45, 2.75) is 37.6 Å². The van der Waals surface area contributed by atoms with Crippen LogP contribution in [0.5, 0.6) is 0 Å². The van der Waals surface area contributed by atoms with Crippen molar-refractivity contribution in [3.05, 3.63) is 71.9 Å². The smallest absolute Gasteiger partial charge is 0.283 e. The second-order valence-corrected chi connectivity index (χ2v) is 10.5. The van der Waals surface area contributed by atoms with E-state index < -0.39 is 33.7 Å². The predicted molar refractivity (Wildman–Crippen MR) is 126 cm³/mol. The average molecular weight is 505 g/mol. The van der Waals surface area contributed by atoms with Crippen LogP contribution in [0.3, 0.4) is 0 Å². The Kier molecular flexibility index (Phi) is 6.61. The zero-order chi connectivity index (χ0) is 24.5. The molecule has 0 bridgehead atoms. The summed E-state index contributed by atoms with van der Waals surface area (Å²) in [6.07, 6.45) is 4.84. The minimum absolute atomic E-state index is 0.0161. The first-order valence-corrected chi connectivity index (χ1v) is 12.9. The van der Waals surface area contributed by atoms with E-state index in [-0.39, 0.29) is 13.0 Å². The number of halogens is 1. The molecule has 1 saturated heterocycles. The number of piperazine rings is 1. The Morgan fingerprint density at radius 1 is 1.18 bits per heavy atom. The summed E-state index contributed by atoms with van der Waals surface area (Å²) in [6.45, 7) is 1.88. The molecule has 3 heterocycles. The lowest BCUT2D eigenvalue weighted by atomic mass is 9.91. The largest absolute Gasteiger partial charge is 0.386 e.